The molecule has 0 bridgehead atoms. The van der Waals surface area contributed by atoms with Crippen molar-refractivity contribution >= 4 is 16.9 Å². The van der Waals surface area contributed by atoms with E-state index in [0.717, 1.165) is 29.9 Å². The Kier molecular flexibility index (Phi) is 3.92. The number of benzene rings is 1. The second-order valence-corrected chi connectivity index (χ2v) is 5.44. The summed E-state index contributed by atoms with van der Waals surface area (Å²) in [5.41, 5.74) is 1.75. The second kappa shape index (κ2) is 5.85. The molecule has 1 fully saturated rings. The van der Waals surface area contributed by atoms with E-state index < -0.39 is 0 Å². The largest absolute Gasteiger partial charge is 0.475 e. The van der Waals surface area contributed by atoms with E-state index in [1.807, 2.05) is 31.2 Å². The van der Waals surface area contributed by atoms with Gasteiger partial charge in [0.25, 0.3) is 5.88 Å². The molecule has 5 nitrogen and oxygen atoms in total. The molecule has 0 aliphatic carbocycles. The van der Waals surface area contributed by atoms with Crippen molar-refractivity contribution in [1.29, 1.82) is 0 Å². The minimum absolute atomic E-state index is 0.177. The van der Waals surface area contributed by atoms with Crippen molar-refractivity contribution in [3.63, 3.8) is 0 Å². The molecular formula is C16H21N3O2. The van der Waals surface area contributed by atoms with Crippen molar-refractivity contribution in [2.45, 2.75) is 33.0 Å². The van der Waals surface area contributed by atoms with Crippen LogP contribution >= 0.6 is 0 Å². The monoisotopic (exact) mass is 287 g/mol. The van der Waals surface area contributed by atoms with Crippen molar-refractivity contribution in [3.05, 3.63) is 24.3 Å². The number of aromatic nitrogens is 2. The lowest BCUT2D eigenvalue weighted by atomic mass is 10.2. The lowest BCUT2D eigenvalue weighted by Gasteiger charge is -2.36. The molecule has 0 saturated carbocycles. The van der Waals surface area contributed by atoms with Crippen LogP contribution in [0.4, 0.5) is 5.82 Å². The first-order valence-corrected chi connectivity index (χ1v) is 7.47. The quantitative estimate of drug-likeness (QED) is 0.868. The Hall–Kier alpha value is -1.88. The number of nitrogens with zero attached hydrogens (tertiary/aromatic N) is 3. The third-order valence-corrected chi connectivity index (χ3v) is 3.52. The summed E-state index contributed by atoms with van der Waals surface area (Å²) in [6.45, 7) is 8.31. The van der Waals surface area contributed by atoms with Gasteiger partial charge in [0.05, 0.1) is 29.8 Å². The van der Waals surface area contributed by atoms with Crippen molar-refractivity contribution in [2.75, 3.05) is 24.6 Å². The first-order chi connectivity index (χ1) is 10.2. The number of hydrogen-bond donors (Lipinski definition) is 0. The van der Waals surface area contributed by atoms with Crippen LogP contribution in [0, 0.1) is 0 Å². The molecule has 2 atom stereocenters. The van der Waals surface area contributed by atoms with E-state index in [1.165, 1.54) is 0 Å². The van der Waals surface area contributed by atoms with E-state index in [1.54, 1.807) is 0 Å². The Morgan fingerprint density at radius 2 is 1.76 bits per heavy atom. The van der Waals surface area contributed by atoms with E-state index in [2.05, 4.69) is 23.7 Å². The molecule has 0 spiro atoms. The van der Waals surface area contributed by atoms with Gasteiger partial charge in [0.1, 0.15) is 0 Å². The van der Waals surface area contributed by atoms with Crippen molar-refractivity contribution in [2.24, 2.45) is 0 Å². The minimum Gasteiger partial charge on any atom is -0.475 e. The summed E-state index contributed by atoms with van der Waals surface area (Å²) >= 11 is 0. The number of fused-ring (bicyclic) bond motifs is 1. The minimum atomic E-state index is 0.177. The Balaban J connectivity index is 2.04. The summed E-state index contributed by atoms with van der Waals surface area (Å²) in [6.07, 6.45) is 0.355. The summed E-state index contributed by atoms with van der Waals surface area (Å²) in [5.74, 6) is 1.43. The number of para-hydroxylation sites is 2. The molecule has 1 aromatic carbocycles. The standard InChI is InChI=1S/C16H21N3O2/c1-4-20-16-15(19-9-11(2)21-12(3)10-19)17-13-7-5-6-8-14(13)18-16/h5-8,11-12H,4,9-10H2,1-3H3/t11-,12-/m0/s1. The average Bonchev–Trinajstić information content (AvgIpc) is 2.46. The predicted molar refractivity (Wildman–Crippen MR) is 82.9 cm³/mol. The molecule has 1 aliphatic rings. The van der Waals surface area contributed by atoms with Crippen LogP contribution in [-0.4, -0.2) is 41.9 Å². The average molecular weight is 287 g/mol. The van der Waals surface area contributed by atoms with Gasteiger partial charge in [0, 0.05) is 13.1 Å². The zero-order chi connectivity index (χ0) is 14.8. The summed E-state index contributed by atoms with van der Waals surface area (Å²) in [4.78, 5) is 11.6. The molecule has 3 rings (SSSR count). The third kappa shape index (κ3) is 2.93. The number of anilines is 1. The van der Waals surface area contributed by atoms with Crippen molar-refractivity contribution < 1.29 is 9.47 Å². The zero-order valence-electron chi connectivity index (χ0n) is 12.7. The first-order valence-electron chi connectivity index (χ1n) is 7.47. The number of hydrogen-bond acceptors (Lipinski definition) is 5. The van der Waals surface area contributed by atoms with Crippen LogP contribution in [-0.2, 0) is 4.74 Å². The fourth-order valence-electron chi connectivity index (χ4n) is 2.76. The molecule has 1 aliphatic heterocycles. The Bertz CT molecular complexity index is 622. The van der Waals surface area contributed by atoms with Crippen LogP contribution in [0.1, 0.15) is 20.8 Å². The molecule has 0 N–H and O–H groups in total. The lowest BCUT2D eigenvalue weighted by Crippen LogP contribution is -2.46. The molecule has 1 aromatic heterocycles. The summed E-state index contributed by atoms with van der Waals surface area (Å²) in [7, 11) is 0. The van der Waals surface area contributed by atoms with Crippen LogP contribution in [0.2, 0.25) is 0 Å². The maximum atomic E-state index is 5.79. The normalized spacial score (nSPS) is 22.5. The van der Waals surface area contributed by atoms with Crippen LogP contribution < -0.4 is 9.64 Å². The fourth-order valence-corrected chi connectivity index (χ4v) is 2.76. The molecule has 112 valence electrons. The maximum absolute atomic E-state index is 5.79. The van der Waals surface area contributed by atoms with Gasteiger partial charge < -0.3 is 14.4 Å². The first kappa shape index (κ1) is 14.1. The van der Waals surface area contributed by atoms with Gasteiger partial charge in [-0.3, -0.25) is 0 Å². The highest BCUT2D eigenvalue weighted by Crippen LogP contribution is 2.29. The summed E-state index contributed by atoms with van der Waals surface area (Å²) in [5, 5.41) is 0. The molecule has 2 heterocycles. The SMILES string of the molecule is CCOc1nc2ccccc2nc1N1C[C@H](C)O[C@@H](C)C1. The van der Waals surface area contributed by atoms with Gasteiger partial charge in [0.15, 0.2) is 5.82 Å². The number of ether oxygens (including phenoxy) is 2. The second-order valence-electron chi connectivity index (χ2n) is 5.44. The van der Waals surface area contributed by atoms with Gasteiger partial charge in [-0.05, 0) is 32.9 Å². The van der Waals surface area contributed by atoms with Crippen molar-refractivity contribution in [3.8, 4) is 5.88 Å². The van der Waals surface area contributed by atoms with Crippen LogP contribution in [0.5, 0.6) is 5.88 Å². The molecule has 21 heavy (non-hydrogen) atoms. The number of rotatable bonds is 3. The number of morpholine rings is 1. The van der Waals surface area contributed by atoms with Crippen LogP contribution in [0.15, 0.2) is 24.3 Å². The topological polar surface area (TPSA) is 47.5 Å². The van der Waals surface area contributed by atoms with Gasteiger partial charge in [-0.1, -0.05) is 12.1 Å². The molecule has 0 unspecified atom stereocenters. The zero-order valence-corrected chi connectivity index (χ0v) is 12.7. The van der Waals surface area contributed by atoms with Gasteiger partial charge in [-0.2, -0.15) is 0 Å². The summed E-state index contributed by atoms with van der Waals surface area (Å²) < 4.78 is 11.5. The van der Waals surface area contributed by atoms with E-state index in [9.17, 15) is 0 Å². The van der Waals surface area contributed by atoms with Gasteiger partial charge in [0.2, 0.25) is 0 Å². The Labute approximate surface area is 124 Å². The highest BCUT2D eigenvalue weighted by Gasteiger charge is 2.26. The third-order valence-electron chi connectivity index (χ3n) is 3.52. The molecule has 0 amide bonds. The molecule has 0 radical (unpaired) electrons. The maximum Gasteiger partial charge on any atom is 0.258 e. The van der Waals surface area contributed by atoms with Gasteiger partial charge in [-0.25, -0.2) is 9.97 Å². The lowest BCUT2D eigenvalue weighted by molar-refractivity contribution is -0.00561. The highest BCUT2D eigenvalue weighted by atomic mass is 16.5. The Morgan fingerprint density at radius 1 is 1.14 bits per heavy atom. The van der Waals surface area contributed by atoms with Crippen LogP contribution in [0.3, 0.4) is 0 Å². The summed E-state index contributed by atoms with van der Waals surface area (Å²) in [6, 6.07) is 7.88. The predicted octanol–water partition coefficient (Wildman–Crippen LogP) is 2.64. The van der Waals surface area contributed by atoms with Crippen molar-refractivity contribution in [1.82, 2.24) is 9.97 Å². The van der Waals surface area contributed by atoms with E-state index in [0.29, 0.717) is 12.5 Å². The fraction of sp³-hybridized carbons (Fsp3) is 0.500. The van der Waals surface area contributed by atoms with Gasteiger partial charge in [-0.15, -0.1) is 0 Å². The Morgan fingerprint density at radius 3 is 2.38 bits per heavy atom. The molecular weight excluding hydrogens is 266 g/mol. The molecule has 5 heteroatoms. The molecule has 1 saturated heterocycles. The van der Waals surface area contributed by atoms with E-state index in [4.69, 9.17) is 14.5 Å². The van der Waals surface area contributed by atoms with E-state index >= 15 is 0 Å². The highest BCUT2D eigenvalue weighted by molar-refractivity contribution is 5.77. The van der Waals surface area contributed by atoms with E-state index in [-0.39, 0.29) is 12.2 Å². The smallest absolute Gasteiger partial charge is 0.258 e. The molecule has 2 aromatic rings. The van der Waals surface area contributed by atoms with Crippen LogP contribution in [0.25, 0.3) is 11.0 Å². The van der Waals surface area contributed by atoms with Gasteiger partial charge >= 0.3 is 0 Å².